The SMILES string of the molecule is CN=C(NCC1CCCN1C)N(C)Cc1cccc(F)c1.I. The molecule has 1 atom stereocenters. The van der Waals surface area contributed by atoms with Crippen molar-refractivity contribution in [3.63, 3.8) is 0 Å². The molecule has 0 bridgehead atoms. The minimum atomic E-state index is -0.198. The van der Waals surface area contributed by atoms with E-state index in [9.17, 15) is 4.39 Å². The van der Waals surface area contributed by atoms with Gasteiger partial charge < -0.3 is 15.1 Å². The quantitative estimate of drug-likeness (QED) is 0.462. The summed E-state index contributed by atoms with van der Waals surface area (Å²) in [6.07, 6.45) is 2.49. The Kier molecular flexibility index (Phi) is 8.09. The first-order chi connectivity index (χ1) is 10.1. The van der Waals surface area contributed by atoms with Crippen LogP contribution in [-0.4, -0.2) is 56.0 Å². The number of hydrogen-bond donors (Lipinski definition) is 1. The van der Waals surface area contributed by atoms with Crippen LogP contribution in [0.25, 0.3) is 0 Å². The van der Waals surface area contributed by atoms with Crippen molar-refractivity contribution in [1.82, 2.24) is 15.1 Å². The minimum absolute atomic E-state index is 0. The fourth-order valence-corrected chi connectivity index (χ4v) is 2.82. The number of hydrogen-bond acceptors (Lipinski definition) is 2. The summed E-state index contributed by atoms with van der Waals surface area (Å²) in [7, 11) is 5.92. The van der Waals surface area contributed by atoms with Gasteiger partial charge in [0.25, 0.3) is 0 Å². The first-order valence-corrected chi connectivity index (χ1v) is 7.46. The lowest BCUT2D eigenvalue weighted by atomic mass is 10.2. The number of halogens is 2. The van der Waals surface area contributed by atoms with Crippen molar-refractivity contribution in [2.24, 2.45) is 4.99 Å². The molecule has 0 saturated carbocycles. The Morgan fingerprint density at radius 1 is 1.50 bits per heavy atom. The smallest absolute Gasteiger partial charge is 0.193 e. The molecule has 0 spiro atoms. The van der Waals surface area contributed by atoms with E-state index in [1.807, 2.05) is 18.0 Å². The molecule has 1 unspecified atom stereocenters. The van der Waals surface area contributed by atoms with Crippen molar-refractivity contribution in [2.45, 2.75) is 25.4 Å². The highest BCUT2D eigenvalue weighted by Gasteiger charge is 2.21. The fourth-order valence-electron chi connectivity index (χ4n) is 2.82. The highest BCUT2D eigenvalue weighted by molar-refractivity contribution is 14.0. The van der Waals surface area contributed by atoms with E-state index >= 15 is 0 Å². The zero-order valence-corrected chi connectivity index (χ0v) is 15.9. The first-order valence-electron chi connectivity index (χ1n) is 7.46. The van der Waals surface area contributed by atoms with E-state index in [0.717, 1.165) is 18.1 Å². The molecule has 1 heterocycles. The molecular formula is C16H26FIN4. The lowest BCUT2D eigenvalue weighted by Gasteiger charge is -2.25. The van der Waals surface area contributed by atoms with Gasteiger partial charge in [0.2, 0.25) is 0 Å². The van der Waals surface area contributed by atoms with Crippen LogP contribution in [0.1, 0.15) is 18.4 Å². The molecule has 6 heteroatoms. The summed E-state index contributed by atoms with van der Waals surface area (Å²) in [6, 6.07) is 7.27. The molecule has 22 heavy (non-hydrogen) atoms. The van der Waals surface area contributed by atoms with Crippen LogP contribution >= 0.6 is 24.0 Å². The van der Waals surface area contributed by atoms with Crippen LogP contribution < -0.4 is 5.32 Å². The van der Waals surface area contributed by atoms with Crippen molar-refractivity contribution in [3.8, 4) is 0 Å². The average Bonchev–Trinajstić information content (AvgIpc) is 2.85. The molecule has 1 aliphatic heterocycles. The number of rotatable bonds is 4. The molecule has 2 rings (SSSR count). The summed E-state index contributed by atoms with van der Waals surface area (Å²) >= 11 is 0. The van der Waals surface area contributed by atoms with Crippen LogP contribution in [0.2, 0.25) is 0 Å². The molecule has 124 valence electrons. The van der Waals surface area contributed by atoms with Crippen molar-refractivity contribution in [3.05, 3.63) is 35.6 Å². The predicted molar refractivity (Wildman–Crippen MR) is 100 cm³/mol. The minimum Gasteiger partial charge on any atom is -0.355 e. The number of nitrogens with zero attached hydrogens (tertiary/aromatic N) is 3. The van der Waals surface area contributed by atoms with E-state index in [-0.39, 0.29) is 29.8 Å². The molecule has 0 aromatic heterocycles. The maximum absolute atomic E-state index is 13.2. The van der Waals surface area contributed by atoms with Crippen molar-refractivity contribution < 1.29 is 4.39 Å². The van der Waals surface area contributed by atoms with Gasteiger partial charge in [0.15, 0.2) is 5.96 Å². The third-order valence-electron chi connectivity index (χ3n) is 4.05. The number of benzene rings is 1. The van der Waals surface area contributed by atoms with Crippen LogP contribution in [0.5, 0.6) is 0 Å². The van der Waals surface area contributed by atoms with E-state index in [1.165, 1.54) is 25.5 Å². The van der Waals surface area contributed by atoms with Gasteiger partial charge in [0.05, 0.1) is 0 Å². The lowest BCUT2D eigenvalue weighted by molar-refractivity contribution is 0.306. The van der Waals surface area contributed by atoms with Gasteiger partial charge in [-0.2, -0.15) is 0 Å². The van der Waals surface area contributed by atoms with E-state index in [1.54, 1.807) is 19.2 Å². The van der Waals surface area contributed by atoms with Gasteiger partial charge in [-0.1, -0.05) is 12.1 Å². The van der Waals surface area contributed by atoms with E-state index in [4.69, 9.17) is 0 Å². The van der Waals surface area contributed by atoms with Crippen molar-refractivity contribution in [2.75, 3.05) is 34.2 Å². The Labute approximate surface area is 149 Å². The normalized spacial score (nSPS) is 18.9. The number of guanidine groups is 1. The molecule has 4 nitrogen and oxygen atoms in total. The summed E-state index contributed by atoms with van der Waals surface area (Å²) in [5, 5.41) is 3.42. The standard InChI is InChI=1S/C16H25FN4.HI/c1-18-16(19-11-15-8-5-9-20(15)2)21(3)12-13-6-4-7-14(17)10-13;/h4,6-7,10,15H,5,8-9,11-12H2,1-3H3,(H,18,19);1H. The van der Waals surface area contributed by atoms with Crippen molar-refractivity contribution >= 4 is 29.9 Å². The molecule has 0 amide bonds. The van der Waals surface area contributed by atoms with Crippen molar-refractivity contribution in [1.29, 1.82) is 0 Å². The summed E-state index contributed by atoms with van der Waals surface area (Å²) in [6.45, 7) is 2.71. The van der Waals surface area contributed by atoms with Crippen LogP contribution in [0.4, 0.5) is 4.39 Å². The topological polar surface area (TPSA) is 30.9 Å². The third kappa shape index (κ3) is 5.39. The predicted octanol–water partition coefficient (Wildman–Crippen LogP) is 2.55. The van der Waals surface area contributed by atoms with E-state index < -0.39 is 0 Å². The van der Waals surface area contributed by atoms with Gasteiger partial charge in [0, 0.05) is 33.2 Å². The summed E-state index contributed by atoms with van der Waals surface area (Å²) in [4.78, 5) is 8.71. The van der Waals surface area contributed by atoms with Gasteiger partial charge >= 0.3 is 0 Å². The van der Waals surface area contributed by atoms with Crippen LogP contribution in [0, 0.1) is 5.82 Å². The van der Waals surface area contributed by atoms with Gasteiger partial charge in [0.1, 0.15) is 5.82 Å². The van der Waals surface area contributed by atoms with Gasteiger partial charge in [-0.25, -0.2) is 4.39 Å². The first kappa shape index (κ1) is 19.2. The van der Waals surface area contributed by atoms with Gasteiger partial charge in [-0.15, -0.1) is 24.0 Å². The Balaban J connectivity index is 0.00000242. The summed E-state index contributed by atoms with van der Waals surface area (Å²) < 4.78 is 13.2. The molecule has 1 aromatic carbocycles. The average molecular weight is 420 g/mol. The maximum atomic E-state index is 13.2. The summed E-state index contributed by atoms with van der Waals surface area (Å²) in [5.41, 5.74) is 0.943. The van der Waals surface area contributed by atoms with Gasteiger partial charge in [-0.3, -0.25) is 4.99 Å². The Morgan fingerprint density at radius 3 is 2.86 bits per heavy atom. The highest BCUT2D eigenvalue weighted by Crippen LogP contribution is 2.13. The molecule has 0 aliphatic carbocycles. The fraction of sp³-hybridized carbons (Fsp3) is 0.562. The second kappa shape index (κ2) is 9.29. The van der Waals surface area contributed by atoms with Crippen LogP contribution in [0.3, 0.4) is 0 Å². The largest absolute Gasteiger partial charge is 0.355 e. The number of likely N-dealkylation sites (tertiary alicyclic amines) is 1. The third-order valence-corrected chi connectivity index (χ3v) is 4.05. The Morgan fingerprint density at radius 2 is 2.27 bits per heavy atom. The molecule has 1 aromatic rings. The zero-order valence-electron chi connectivity index (χ0n) is 13.6. The number of nitrogens with one attached hydrogen (secondary N) is 1. The summed E-state index contributed by atoms with van der Waals surface area (Å²) in [5.74, 6) is 0.649. The molecular weight excluding hydrogens is 394 g/mol. The number of likely N-dealkylation sites (N-methyl/N-ethyl adjacent to an activating group) is 1. The second-order valence-corrected chi connectivity index (χ2v) is 5.69. The Bertz CT molecular complexity index is 495. The molecule has 1 saturated heterocycles. The molecule has 0 radical (unpaired) electrons. The zero-order chi connectivity index (χ0) is 15.2. The molecule has 1 aliphatic rings. The number of aliphatic imine (C=N–C) groups is 1. The second-order valence-electron chi connectivity index (χ2n) is 5.69. The highest BCUT2D eigenvalue weighted by atomic mass is 127. The lowest BCUT2D eigenvalue weighted by Crippen LogP contribution is -2.44. The maximum Gasteiger partial charge on any atom is 0.193 e. The monoisotopic (exact) mass is 420 g/mol. The van der Waals surface area contributed by atoms with Crippen LogP contribution in [-0.2, 0) is 6.54 Å². The molecule has 1 fully saturated rings. The van der Waals surface area contributed by atoms with Gasteiger partial charge in [-0.05, 0) is 44.1 Å². The molecule has 1 N–H and O–H groups in total. The Hall–Kier alpha value is -0.890. The van der Waals surface area contributed by atoms with Crippen LogP contribution in [0.15, 0.2) is 29.3 Å². The van der Waals surface area contributed by atoms with E-state index in [0.29, 0.717) is 12.6 Å². The van der Waals surface area contributed by atoms with E-state index in [2.05, 4.69) is 22.3 Å².